The number of para-hydroxylation sites is 1. The maximum atomic E-state index is 12.3. The van der Waals surface area contributed by atoms with Crippen molar-refractivity contribution in [2.75, 3.05) is 7.11 Å². The molecule has 0 aliphatic rings. The summed E-state index contributed by atoms with van der Waals surface area (Å²) >= 11 is 0. The number of aromatic nitrogens is 1. The Morgan fingerprint density at radius 1 is 1.09 bits per heavy atom. The molecule has 0 unspecified atom stereocenters. The smallest absolute Gasteiger partial charge is 0.338 e. The van der Waals surface area contributed by atoms with Crippen LogP contribution in [-0.2, 0) is 11.1 Å². The minimum absolute atomic E-state index is 0.215. The fourth-order valence-corrected chi connectivity index (χ4v) is 2.62. The van der Waals surface area contributed by atoms with Crippen LogP contribution in [0.15, 0.2) is 54.6 Å². The predicted molar refractivity (Wildman–Crippen MR) is 88.0 cm³/mol. The first-order chi connectivity index (χ1) is 10.8. The standard InChI is InChI=1S/C18H14BNO2/c1-22-18(21)16-13-9-5-6-10-15(13)20-17(14(16)11-19)12-7-3-2-4-8-12/h2-10H,11H2,1H3. The average molecular weight is 287 g/mol. The Hall–Kier alpha value is -2.62. The van der Waals surface area contributed by atoms with Crippen molar-refractivity contribution in [1.82, 2.24) is 4.98 Å². The zero-order valence-corrected chi connectivity index (χ0v) is 12.2. The third-order valence-electron chi connectivity index (χ3n) is 3.63. The van der Waals surface area contributed by atoms with Gasteiger partial charge in [-0.2, -0.15) is 0 Å². The summed E-state index contributed by atoms with van der Waals surface area (Å²) in [6.45, 7) is 0. The number of ether oxygens (including phenoxy) is 1. The molecule has 1 aromatic heterocycles. The van der Waals surface area contributed by atoms with Crippen molar-refractivity contribution in [2.45, 2.75) is 6.32 Å². The largest absolute Gasteiger partial charge is 0.465 e. The molecule has 22 heavy (non-hydrogen) atoms. The van der Waals surface area contributed by atoms with E-state index in [9.17, 15) is 4.79 Å². The van der Waals surface area contributed by atoms with Gasteiger partial charge in [-0.05, 0) is 11.6 Å². The first kappa shape index (κ1) is 14.3. The molecular formula is C18H14BNO2. The number of hydrogen-bond donors (Lipinski definition) is 0. The summed E-state index contributed by atoms with van der Waals surface area (Å²) in [4.78, 5) is 17.0. The van der Waals surface area contributed by atoms with Crippen molar-refractivity contribution < 1.29 is 9.53 Å². The van der Waals surface area contributed by atoms with E-state index in [1.165, 1.54) is 7.11 Å². The molecule has 0 aliphatic carbocycles. The second kappa shape index (κ2) is 6.02. The van der Waals surface area contributed by atoms with Gasteiger partial charge in [0.2, 0.25) is 0 Å². The van der Waals surface area contributed by atoms with E-state index in [1.807, 2.05) is 54.6 Å². The third-order valence-corrected chi connectivity index (χ3v) is 3.63. The van der Waals surface area contributed by atoms with Crippen LogP contribution < -0.4 is 0 Å². The molecule has 3 aromatic rings. The molecule has 106 valence electrons. The van der Waals surface area contributed by atoms with Gasteiger partial charge < -0.3 is 4.74 Å². The number of pyridine rings is 1. The quantitative estimate of drug-likeness (QED) is 0.547. The molecule has 0 aliphatic heterocycles. The summed E-state index contributed by atoms with van der Waals surface area (Å²) in [5.74, 6) is -0.392. The molecule has 0 spiro atoms. The van der Waals surface area contributed by atoms with Gasteiger partial charge in [-0.3, -0.25) is 0 Å². The van der Waals surface area contributed by atoms with Crippen LogP contribution in [0.25, 0.3) is 22.2 Å². The van der Waals surface area contributed by atoms with E-state index >= 15 is 0 Å². The van der Waals surface area contributed by atoms with Gasteiger partial charge in [-0.25, -0.2) is 9.78 Å². The highest BCUT2D eigenvalue weighted by Crippen LogP contribution is 2.30. The van der Waals surface area contributed by atoms with Crippen molar-refractivity contribution in [3.63, 3.8) is 0 Å². The van der Waals surface area contributed by atoms with Crippen molar-refractivity contribution >= 4 is 24.7 Å². The highest BCUT2D eigenvalue weighted by Gasteiger charge is 2.20. The number of hydrogen-bond acceptors (Lipinski definition) is 3. The Kier molecular flexibility index (Phi) is 3.92. The fraction of sp³-hybridized carbons (Fsp3) is 0.111. The van der Waals surface area contributed by atoms with E-state index in [0.29, 0.717) is 11.1 Å². The molecule has 1 heterocycles. The summed E-state index contributed by atoms with van der Waals surface area (Å²) in [6, 6.07) is 17.2. The molecule has 0 N–H and O–H groups in total. The normalized spacial score (nSPS) is 10.6. The molecule has 4 heteroatoms. The second-order valence-corrected chi connectivity index (χ2v) is 4.89. The predicted octanol–water partition coefficient (Wildman–Crippen LogP) is 3.36. The first-order valence-corrected chi connectivity index (χ1v) is 7.01. The van der Waals surface area contributed by atoms with Gasteiger partial charge in [0.15, 0.2) is 0 Å². The molecule has 3 rings (SSSR count). The van der Waals surface area contributed by atoms with Crippen molar-refractivity contribution in [3.8, 4) is 11.3 Å². The third kappa shape index (κ3) is 2.37. The fourth-order valence-electron chi connectivity index (χ4n) is 2.62. The summed E-state index contributed by atoms with van der Waals surface area (Å²) in [5, 5.41) is 0.759. The molecular weight excluding hydrogens is 273 g/mol. The summed E-state index contributed by atoms with van der Waals surface area (Å²) in [7, 11) is 7.30. The van der Waals surface area contributed by atoms with E-state index in [0.717, 1.165) is 22.2 Å². The summed E-state index contributed by atoms with van der Waals surface area (Å²) in [6.07, 6.45) is 0.215. The monoisotopic (exact) mass is 287 g/mol. The SMILES string of the molecule is [B]Cc1c(-c2ccccc2)nc2ccccc2c1C(=O)OC. The van der Waals surface area contributed by atoms with Crippen LogP contribution >= 0.6 is 0 Å². The van der Waals surface area contributed by atoms with Gasteiger partial charge in [-0.15, -0.1) is 0 Å². The van der Waals surface area contributed by atoms with Crippen molar-refractivity contribution in [3.05, 3.63) is 65.7 Å². The minimum atomic E-state index is -0.392. The molecule has 3 nitrogen and oxygen atoms in total. The van der Waals surface area contributed by atoms with Crippen LogP contribution in [0.4, 0.5) is 0 Å². The number of benzene rings is 2. The molecule has 2 aromatic carbocycles. The number of carbonyl (C=O) groups is 1. The Morgan fingerprint density at radius 2 is 1.77 bits per heavy atom. The van der Waals surface area contributed by atoms with Crippen LogP contribution in [0.2, 0.25) is 0 Å². The maximum Gasteiger partial charge on any atom is 0.338 e. The summed E-state index contributed by atoms with van der Waals surface area (Å²) < 4.78 is 4.96. The van der Waals surface area contributed by atoms with E-state index in [1.54, 1.807) is 0 Å². The topological polar surface area (TPSA) is 39.2 Å². The average Bonchev–Trinajstić information content (AvgIpc) is 2.60. The van der Waals surface area contributed by atoms with E-state index in [2.05, 4.69) is 0 Å². The lowest BCUT2D eigenvalue weighted by atomic mass is 9.87. The Balaban J connectivity index is 2.41. The van der Waals surface area contributed by atoms with Gasteiger partial charge in [-0.1, -0.05) is 54.9 Å². The van der Waals surface area contributed by atoms with Crippen molar-refractivity contribution in [1.29, 1.82) is 0 Å². The molecule has 0 fully saturated rings. The first-order valence-electron chi connectivity index (χ1n) is 7.01. The number of methoxy groups -OCH3 is 1. The van der Waals surface area contributed by atoms with Gasteiger partial charge in [0.1, 0.15) is 0 Å². The highest BCUT2D eigenvalue weighted by molar-refractivity contribution is 6.13. The minimum Gasteiger partial charge on any atom is -0.465 e. The van der Waals surface area contributed by atoms with Crippen LogP contribution in [0.5, 0.6) is 0 Å². The Morgan fingerprint density at radius 3 is 2.45 bits per heavy atom. The molecule has 0 saturated carbocycles. The van der Waals surface area contributed by atoms with Gasteiger partial charge in [0, 0.05) is 10.9 Å². The number of carbonyl (C=O) groups excluding carboxylic acids is 1. The lowest BCUT2D eigenvalue weighted by Crippen LogP contribution is -2.10. The van der Waals surface area contributed by atoms with Crippen LogP contribution in [0.1, 0.15) is 15.9 Å². The zero-order valence-electron chi connectivity index (χ0n) is 12.2. The molecule has 0 amide bonds. The number of esters is 1. The molecule has 2 radical (unpaired) electrons. The Bertz CT molecular complexity index is 831. The molecule has 0 saturated heterocycles. The van der Waals surface area contributed by atoms with E-state index < -0.39 is 5.97 Å². The molecule has 0 atom stereocenters. The van der Waals surface area contributed by atoms with Gasteiger partial charge >= 0.3 is 5.97 Å². The van der Waals surface area contributed by atoms with Gasteiger partial charge in [0.05, 0.1) is 31.7 Å². The molecule has 0 bridgehead atoms. The van der Waals surface area contributed by atoms with Crippen LogP contribution in [0.3, 0.4) is 0 Å². The second-order valence-electron chi connectivity index (χ2n) is 4.89. The van der Waals surface area contributed by atoms with Crippen LogP contribution in [-0.4, -0.2) is 25.9 Å². The Labute approximate surface area is 130 Å². The number of rotatable bonds is 3. The van der Waals surface area contributed by atoms with Gasteiger partial charge in [0.25, 0.3) is 0 Å². The number of fused-ring (bicyclic) bond motifs is 1. The lowest BCUT2D eigenvalue weighted by molar-refractivity contribution is 0.0602. The zero-order chi connectivity index (χ0) is 15.5. The van der Waals surface area contributed by atoms with E-state index in [-0.39, 0.29) is 6.32 Å². The highest BCUT2D eigenvalue weighted by atomic mass is 16.5. The summed E-state index contributed by atoms with van der Waals surface area (Å²) in [5.41, 5.74) is 3.60. The lowest BCUT2D eigenvalue weighted by Gasteiger charge is -2.15. The van der Waals surface area contributed by atoms with E-state index in [4.69, 9.17) is 17.6 Å². The van der Waals surface area contributed by atoms with Crippen LogP contribution in [0, 0.1) is 0 Å². The number of nitrogens with zero attached hydrogens (tertiary/aromatic N) is 1. The maximum absolute atomic E-state index is 12.3. The van der Waals surface area contributed by atoms with Crippen molar-refractivity contribution in [2.24, 2.45) is 0 Å².